The van der Waals surface area contributed by atoms with Crippen LogP contribution in [0.15, 0.2) is 12.1 Å². The molecule has 1 aromatic rings. The van der Waals surface area contributed by atoms with E-state index in [9.17, 15) is 4.79 Å². The third-order valence-electron chi connectivity index (χ3n) is 4.29. The van der Waals surface area contributed by atoms with Crippen molar-refractivity contribution in [1.29, 1.82) is 0 Å². The molecule has 1 N–H and O–H groups in total. The summed E-state index contributed by atoms with van der Waals surface area (Å²) in [7, 11) is 0. The maximum Gasteiger partial charge on any atom is 0.258 e. The molecule has 23 heavy (non-hydrogen) atoms. The zero-order valence-corrected chi connectivity index (χ0v) is 14.9. The lowest BCUT2D eigenvalue weighted by atomic mass is 10.0. The first kappa shape index (κ1) is 17.2. The van der Waals surface area contributed by atoms with Crippen LogP contribution in [0.4, 0.5) is 0 Å². The highest BCUT2D eigenvalue weighted by atomic mass is 35.5. The lowest BCUT2D eigenvalue weighted by molar-refractivity contribution is -0.124. The van der Waals surface area contributed by atoms with Gasteiger partial charge in [-0.15, -0.1) is 0 Å². The van der Waals surface area contributed by atoms with E-state index in [1.807, 2.05) is 0 Å². The molecule has 0 bridgehead atoms. The van der Waals surface area contributed by atoms with Gasteiger partial charge in [0, 0.05) is 31.2 Å². The first-order valence-electron chi connectivity index (χ1n) is 7.83. The molecule has 0 spiro atoms. The quantitative estimate of drug-likeness (QED) is 0.794. The summed E-state index contributed by atoms with van der Waals surface area (Å²) in [6.45, 7) is 2.05. The number of hydrogen-bond donors (Lipinski definition) is 1. The van der Waals surface area contributed by atoms with Gasteiger partial charge < -0.3 is 15.0 Å². The second kappa shape index (κ2) is 7.47. The third kappa shape index (κ3) is 4.66. The number of nitrogens with one attached hydrogen (secondary N) is 1. The summed E-state index contributed by atoms with van der Waals surface area (Å²) in [6, 6.07) is 4.05. The third-order valence-corrected chi connectivity index (χ3v) is 5.31. The first-order valence-corrected chi connectivity index (χ1v) is 8.97. The molecule has 2 fully saturated rings. The Bertz CT molecular complexity index is 585. The van der Waals surface area contributed by atoms with Gasteiger partial charge >= 0.3 is 0 Å². The molecule has 1 aliphatic carbocycles. The molecule has 1 amide bonds. The number of likely N-dealkylation sites (tertiary alicyclic amines) is 1. The number of halogens is 3. The number of rotatable bonds is 5. The Morgan fingerprint density at radius 2 is 1.74 bits per heavy atom. The largest absolute Gasteiger partial charge is 0.482 e. The van der Waals surface area contributed by atoms with Gasteiger partial charge in [0.2, 0.25) is 0 Å². The molecule has 1 saturated heterocycles. The average molecular weight is 378 g/mol. The molecule has 1 saturated carbocycles. The van der Waals surface area contributed by atoms with Crippen molar-refractivity contribution >= 4 is 40.7 Å². The highest BCUT2D eigenvalue weighted by Crippen LogP contribution is 2.33. The molecule has 1 heterocycles. The van der Waals surface area contributed by atoms with E-state index in [-0.39, 0.29) is 18.6 Å². The second-order valence-corrected chi connectivity index (χ2v) is 7.32. The molecule has 0 radical (unpaired) electrons. The summed E-state index contributed by atoms with van der Waals surface area (Å²) in [4.78, 5) is 14.5. The Kier molecular flexibility index (Phi) is 5.57. The molecule has 0 aromatic heterocycles. The number of hydrogen-bond acceptors (Lipinski definition) is 3. The van der Waals surface area contributed by atoms with Crippen molar-refractivity contribution in [1.82, 2.24) is 10.2 Å². The summed E-state index contributed by atoms with van der Waals surface area (Å²) in [6.07, 6.45) is 4.65. The number of ether oxygens (including phenoxy) is 1. The summed E-state index contributed by atoms with van der Waals surface area (Å²) in [5.74, 6) is 0.219. The van der Waals surface area contributed by atoms with Crippen LogP contribution in [0.1, 0.15) is 25.7 Å². The Morgan fingerprint density at radius 1 is 1.09 bits per heavy atom. The highest BCUT2D eigenvalue weighted by Gasteiger charge is 2.32. The molecule has 7 heteroatoms. The van der Waals surface area contributed by atoms with Crippen LogP contribution in [-0.2, 0) is 4.79 Å². The summed E-state index contributed by atoms with van der Waals surface area (Å²) >= 11 is 17.8. The minimum Gasteiger partial charge on any atom is -0.482 e. The van der Waals surface area contributed by atoms with Crippen molar-refractivity contribution < 1.29 is 9.53 Å². The highest BCUT2D eigenvalue weighted by molar-refractivity contribution is 6.43. The van der Waals surface area contributed by atoms with Gasteiger partial charge in [0.1, 0.15) is 5.75 Å². The van der Waals surface area contributed by atoms with Crippen molar-refractivity contribution in [2.45, 2.75) is 37.8 Å². The van der Waals surface area contributed by atoms with E-state index >= 15 is 0 Å². The number of piperidine rings is 1. The summed E-state index contributed by atoms with van der Waals surface area (Å²) in [5, 5.41) is 4.06. The van der Waals surface area contributed by atoms with E-state index in [1.54, 1.807) is 0 Å². The number of nitrogens with zero attached hydrogens (tertiary/aromatic N) is 1. The molecule has 1 aliphatic heterocycles. The number of amides is 1. The van der Waals surface area contributed by atoms with Gasteiger partial charge in [0.15, 0.2) is 6.61 Å². The van der Waals surface area contributed by atoms with Crippen molar-refractivity contribution in [2.24, 2.45) is 0 Å². The fourth-order valence-electron chi connectivity index (χ4n) is 2.88. The average Bonchev–Trinajstić information content (AvgIpc) is 3.35. The van der Waals surface area contributed by atoms with Crippen molar-refractivity contribution in [3.63, 3.8) is 0 Å². The summed E-state index contributed by atoms with van der Waals surface area (Å²) in [5.41, 5.74) is 0. The molecule has 1 aromatic carbocycles. The molecule has 3 rings (SSSR count). The predicted octanol–water partition coefficient (Wildman–Crippen LogP) is 3.77. The van der Waals surface area contributed by atoms with Crippen LogP contribution >= 0.6 is 34.8 Å². The Balaban J connectivity index is 1.44. The van der Waals surface area contributed by atoms with Gasteiger partial charge in [-0.2, -0.15) is 0 Å². The molecular formula is C16H19Cl3N2O2. The van der Waals surface area contributed by atoms with Crippen LogP contribution in [0.5, 0.6) is 5.75 Å². The standard InChI is InChI=1S/C16H19Cl3N2O2/c17-12-7-14(19)15(8-13(12)18)23-9-16(22)20-10-3-5-21(6-4-10)11-1-2-11/h7-8,10-11H,1-6,9H2,(H,20,22). The lowest BCUT2D eigenvalue weighted by Gasteiger charge is -2.32. The monoisotopic (exact) mass is 376 g/mol. The predicted molar refractivity (Wildman–Crippen MR) is 92.7 cm³/mol. The van der Waals surface area contributed by atoms with E-state index in [0.29, 0.717) is 20.8 Å². The smallest absolute Gasteiger partial charge is 0.258 e. The normalized spacial score (nSPS) is 19.6. The molecule has 0 atom stereocenters. The zero-order valence-electron chi connectivity index (χ0n) is 12.7. The maximum atomic E-state index is 12.0. The number of carbonyl (C=O) groups excluding carboxylic acids is 1. The van der Waals surface area contributed by atoms with E-state index < -0.39 is 0 Å². The van der Waals surface area contributed by atoms with Gasteiger partial charge in [-0.1, -0.05) is 34.8 Å². The fourth-order valence-corrected chi connectivity index (χ4v) is 3.47. The van der Waals surface area contributed by atoms with Crippen molar-refractivity contribution in [2.75, 3.05) is 19.7 Å². The van der Waals surface area contributed by atoms with Gasteiger partial charge in [-0.05, 0) is 31.7 Å². The number of carbonyl (C=O) groups is 1. The minimum atomic E-state index is -0.142. The van der Waals surface area contributed by atoms with Gasteiger partial charge in [-0.3, -0.25) is 4.79 Å². The topological polar surface area (TPSA) is 41.6 Å². The lowest BCUT2D eigenvalue weighted by Crippen LogP contribution is -2.46. The van der Waals surface area contributed by atoms with Crippen LogP contribution in [0.3, 0.4) is 0 Å². The van der Waals surface area contributed by atoms with Crippen LogP contribution in [-0.4, -0.2) is 42.6 Å². The van der Waals surface area contributed by atoms with E-state index in [0.717, 1.165) is 32.0 Å². The van der Waals surface area contributed by atoms with E-state index in [4.69, 9.17) is 39.5 Å². The molecule has 4 nitrogen and oxygen atoms in total. The fraction of sp³-hybridized carbons (Fsp3) is 0.562. The molecule has 2 aliphatic rings. The Morgan fingerprint density at radius 3 is 2.39 bits per heavy atom. The van der Waals surface area contributed by atoms with Gasteiger partial charge in [0.25, 0.3) is 5.91 Å². The van der Waals surface area contributed by atoms with Crippen molar-refractivity contribution in [3.05, 3.63) is 27.2 Å². The van der Waals surface area contributed by atoms with Crippen molar-refractivity contribution in [3.8, 4) is 5.75 Å². The van der Waals surface area contributed by atoms with E-state index in [2.05, 4.69) is 10.2 Å². The summed E-state index contributed by atoms with van der Waals surface area (Å²) < 4.78 is 5.45. The van der Waals surface area contributed by atoms with Crippen LogP contribution in [0.2, 0.25) is 15.1 Å². The second-order valence-electron chi connectivity index (χ2n) is 6.09. The van der Waals surface area contributed by atoms with Gasteiger partial charge in [0.05, 0.1) is 15.1 Å². The molecule has 126 valence electrons. The van der Waals surface area contributed by atoms with Gasteiger partial charge in [-0.25, -0.2) is 0 Å². The van der Waals surface area contributed by atoms with E-state index in [1.165, 1.54) is 25.0 Å². The Labute approximate surface area is 151 Å². The van der Waals surface area contributed by atoms with Crippen LogP contribution < -0.4 is 10.1 Å². The van der Waals surface area contributed by atoms with Crippen LogP contribution in [0, 0.1) is 0 Å². The zero-order chi connectivity index (χ0) is 16.4. The molecular weight excluding hydrogens is 359 g/mol. The minimum absolute atomic E-state index is 0.0828. The maximum absolute atomic E-state index is 12.0. The first-order chi connectivity index (χ1) is 11.0. The van der Waals surface area contributed by atoms with Crippen LogP contribution in [0.25, 0.3) is 0 Å². The Hall–Kier alpha value is -0.680. The molecule has 0 unspecified atom stereocenters. The SMILES string of the molecule is O=C(COc1cc(Cl)c(Cl)cc1Cl)NC1CCN(C2CC2)CC1. The number of benzene rings is 1.